The zero-order valence-corrected chi connectivity index (χ0v) is 7.93. The molecule has 6 heteroatoms. The number of nitrogens with two attached hydrogens (primary N) is 1. The predicted octanol–water partition coefficient (Wildman–Crippen LogP) is -0.0739. The highest BCUT2D eigenvalue weighted by Crippen LogP contribution is 2.12. The summed E-state index contributed by atoms with van der Waals surface area (Å²) in [5.41, 5.74) is 5.90. The zero-order valence-electron chi connectivity index (χ0n) is 7.93. The van der Waals surface area contributed by atoms with Gasteiger partial charge >= 0.3 is 0 Å². The maximum Gasteiger partial charge on any atom is 0.247 e. The van der Waals surface area contributed by atoms with Crippen LogP contribution in [0.4, 0.5) is 0 Å². The van der Waals surface area contributed by atoms with Crippen molar-refractivity contribution in [3.63, 3.8) is 0 Å². The van der Waals surface area contributed by atoms with Crippen molar-refractivity contribution in [3.8, 4) is 11.4 Å². The molecule has 0 aliphatic carbocycles. The van der Waals surface area contributed by atoms with E-state index in [4.69, 9.17) is 10.3 Å². The van der Waals surface area contributed by atoms with E-state index in [-0.39, 0.29) is 5.56 Å². The first-order valence-electron chi connectivity index (χ1n) is 4.51. The molecule has 0 unspecified atom stereocenters. The fourth-order valence-electron chi connectivity index (χ4n) is 1.15. The summed E-state index contributed by atoms with van der Waals surface area (Å²) in [7, 11) is 0. The number of nitrogens with zero attached hydrogens (tertiary/aromatic N) is 2. The Bertz CT molecular complexity index is 482. The van der Waals surface area contributed by atoms with Gasteiger partial charge in [-0.15, -0.1) is 0 Å². The molecule has 2 rings (SSSR count). The molecule has 2 aromatic rings. The summed E-state index contributed by atoms with van der Waals surface area (Å²) >= 11 is 0. The summed E-state index contributed by atoms with van der Waals surface area (Å²) in [5, 5.41) is 3.77. The third-order valence-electron chi connectivity index (χ3n) is 1.87. The van der Waals surface area contributed by atoms with Crippen LogP contribution in [0, 0.1) is 0 Å². The van der Waals surface area contributed by atoms with Crippen molar-refractivity contribution in [2.45, 2.75) is 6.42 Å². The lowest BCUT2D eigenvalue weighted by molar-refractivity contribution is 0.380. The SMILES string of the molecule is NCCc1nc(-c2ccc(=O)[nH]c2)no1. The van der Waals surface area contributed by atoms with Gasteiger partial charge in [-0.25, -0.2) is 0 Å². The molecule has 0 atom stereocenters. The molecule has 78 valence electrons. The highest BCUT2D eigenvalue weighted by atomic mass is 16.5. The van der Waals surface area contributed by atoms with Gasteiger partial charge in [-0.2, -0.15) is 4.98 Å². The lowest BCUT2D eigenvalue weighted by Gasteiger charge is -1.90. The fourth-order valence-corrected chi connectivity index (χ4v) is 1.15. The van der Waals surface area contributed by atoms with Crippen molar-refractivity contribution in [1.82, 2.24) is 15.1 Å². The molecule has 0 fully saturated rings. The third kappa shape index (κ3) is 2.10. The molecule has 0 bridgehead atoms. The molecule has 0 aliphatic rings. The van der Waals surface area contributed by atoms with E-state index in [9.17, 15) is 4.79 Å². The number of rotatable bonds is 3. The van der Waals surface area contributed by atoms with Crippen LogP contribution in [-0.2, 0) is 6.42 Å². The summed E-state index contributed by atoms with van der Waals surface area (Å²) in [5.74, 6) is 0.952. The second-order valence-electron chi connectivity index (χ2n) is 2.99. The van der Waals surface area contributed by atoms with Gasteiger partial charge in [0.05, 0.1) is 0 Å². The number of aromatic nitrogens is 3. The largest absolute Gasteiger partial charge is 0.339 e. The van der Waals surface area contributed by atoms with Gasteiger partial charge in [0.2, 0.25) is 17.3 Å². The zero-order chi connectivity index (χ0) is 10.7. The third-order valence-corrected chi connectivity index (χ3v) is 1.87. The Labute approximate surface area is 85.1 Å². The van der Waals surface area contributed by atoms with Crippen LogP contribution >= 0.6 is 0 Å². The van der Waals surface area contributed by atoms with E-state index in [1.807, 2.05) is 0 Å². The predicted molar refractivity (Wildman–Crippen MR) is 53.1 cm³/mol. The molecule has 2 aromatic heterocycles. The molecule has 0 aliphatic heterocycles. The van der Waals surface area contributed by atoms with Crippen molar-refractivity contribution in [2.75, 3.05) is 6.54 Å². The summed E-state index contributed by atoms with van der Waals surface area (Å²) in [4.78, 5) is 17.5. The summed E-state index contributed by atoms with van der Waals surface area (Å²) < 4.78 is 4.96. The quantitative estimate of drug-likeness (QED) is 0.732. The van der Waals surface area contributed by atoms with E-state index in [0.717, 1.165) is 0 Å². The van der Waals surface area contributed by atoms with Crippen LogP contribution in [0.25, 0.3) is 11.4 Å². The Morgan fingerprint density at radius 1 is 1.47 bits per heavy atom. The average Bonchev–Trinajstić information content (AvgIpc) is 2.68. The lowest BCUT2D eigenvalue weighted by Crippen LogP contribution is -2.03. The van der Waals surface area contributed by atoms with Crippen LogP contribution in [0.3, 0.4) is 0 Å². The molecular formula is C9H10N4O2. The lowest BCUT2D eigenvalue weighted by atomic mass is 10.3. The minimum Gasteiger partial charge on any atom is -0.339 e. The van der Waals surface area contributed by atoms with Crippen molar-refractivity contribution in [1.29, 1.82) is 0 Å². The maximum atomic E-state index is 10.8. The number of aromatic amines is 1. The monoisotopic (exact) mass is 206 g/mol. The molecule has 3 N–H and O–H groups in total. The van der Waals surface area contributed by atoms with E-state index in [0.29, 0.717) is 30.2 Å². The Balaban J connectivity index is 2.29. The van der Waals surface area contributed by atoms with Gasteiger partial charge < -0.3 is 15.2 Å². The van der Waals surface area contributed by atoms with E-state index in [1.54, 1.807) is 12.3 Å². The first-order valence-corrected chi connectivity index (χ1v) is 4.51. The van der Waals surface area contributed by atoms with Gasteiger partial charge in [-0.3, -0.25) is 4.79 Å². The number of pyridine rings is 1. The number of hydrogen-bond donors (Lipinski definition) is 2. The number of nitrogens with one attached hydrogen (secondary N) is 1. The highest BCUT2D eigenvalue weighted by molar-refractivity contribution is 5.51. The van der Waals surface area contributed by atoms with Crippen molar-refractivity contribution >= 4 is 0 Å². The summed E-state index contributed by atoms with van der Waals surface area (Å²) in [6.07, 6.45) is 2.09. The topological polar surface area (TPSA) is 97.8 Å². The van der Waals surface area contributed by atoms with Crippen LogP contribution in [-0.4, -0.2) is 21.7 Å². The number of H-pyrrole nitrogens is 1. The molecule has 0 saturated carbocycles. The van der Waals surface area contributed by atoms with Crippen molar-refractivity contribution in [2.24, 2.45) is 5.73 Å². The van der Waals surface area contributed by atoms with Gasteiger partial charge in [-0.05, 0) is 6.07 Å². The van der Waals surface area contributed by atoms with Gasteiger partial charge in [-0.1, -0.05) is 5.16 Å². The molecule has 0 spiro atoms. The van der Waals surface area contributed by atoms with E-state index in [1.165, 1.54) is 6.07 Å². The molecular weight excluding hydrogens is 196 g/mol. The second kappa shape index (κ2) is 4.05. The van der Waals surface area contributed by atoms with Gasteiger partial charge in [0, 0.05) is 30.8 Å². The molecule has 15 heavy (non-hydrogen) atoms. The number of hydrogen-bond acceptors (Lipinski definition) is 5. The highest BCUT2D eigenvalue weighted by Gasteiger charge is 2.07. The van der Waals surface area contributed by atoms with Crippen LogP contribution < -0.4 is 11.3 Å². The minimum absolute atomic E-state index is 0.163. The average molecular weight is 206 g/mol. The molecule has 2 heterocycles. The van der Waals surface area contributed by atoms with Gasteiger partial charge in [0.25, 0.3) is 0 Å². The van der Waals surface area contributed by atoms with Crippen LogP contribution in [0.2, 0.25) is 0 Å². The summed E-state index contributed by atoms with van der Waals surface area (Å²) in [6, 6.07) is 3.05. The molecule has 0 radical (unpaired) electrons. The second-order valence-corrected chi connectivity index (χ2v) is 2.99. The molecule has 0 aromatic carbocycles. The van der Waals surface area contributed by atoms with Gasteiger partial charge in [0.15, 0.2) is 0 Å². The molecule has 0 saturated heterocycles. The van der Waals surface area contributed by atoms with Crippen LogP contribution in [0.1, 0.15) is 5.89 Å². The maximum absolute atomic E-state index is 10.8. The van der Waals surface area contributed by atoms with E-state index < -0.39 is 0 Å². The Hall–Kier alpha value is -1.95. The van der Waals surface area contributed by atoms with Gasteiger partial charge in [0.1, 0.15) is 0 Å². The van der Waals surface area contributed by atoms with Crippen LogP contribution in [0.5, 0.6) is 0 Å². The van der Waals surface area contributed by atoms with Crippen LogP contribution in [0.15, 0.2) is 27.6 Å². The van der Waals surface area contributed by atoms with Crippen molar-refractivity contribution < 1.29 is 4.52 Å². The standard InChI is InChI=1S/C9H10N4O2/c10-4-3-8-12-9(13-15-8)6-1-2-7(14)11-5-6/h1-2,5H,3-4,10H2,(H,11,14). The summed E-state index contributed by atoms with van der Waals surface area (Å²) in [6.45, 7) is 0.466. The fraction of sp³-hybridized carbons (Fsp3) is 0.222. The van der Waals surface area contributed by atoms with Crippen molar-refractivity contribution in [3.05, 3.63) is 34.6 Å². The molecule has 0 amide bonds. The normalized spacial score (nSPS) is 10.5. The Kier molecular flexibility index (Phi) is 2.59. The van der Waals surface area contributed by atoms with E-state index >= 15 is 0 Å². The minimum atomic E-state index is -0.163. The van der Waals surface area contributed by atoms with E-state index in [2.05, 4.69) is 15.1 Å². The first kappa shape index (κ1) is 9.60. The first-order chi connectivity index (χ1) is 7.29. The Morgan fingerprint density at radius 2 is 2.33 bits per heavy atom. The Morgan fingerprint density at radius 3 is 3.00 bits per heavy atom. The smallest absolute Gasteiger partial charge is 0.247 e. The molecule has 6 nitrogen and oxygen atoms in total.